The van der Waals surface area contributed by atoms with Gasteiger partial charge < -0.3 is 13.9 Å². The molecule has 11 aromatic carbocycles. The number of para-hydroxylation sites is 6. The van der Waals surface area contributed by atoms with Crippen LogP contribution in [0, 0.1) is 0 Å². The maximum Gasteiger partial charge on any atom is 0.143 e. The first-order valence-corrected chi connectivity index (χ1v) is 24.2. The Bertz CT molecular complexity index is 4270. The molecule has 1 aliphatic carbocycles. The highest BCUT2D eigenvalue weighted by atomic mass is 16.3. The molecule has 15 rings (SSSR count). The Morgan fingerprint density at radius 3 is 1.84 bits per heavy atom. The van der Waals surface area contributed by atoms with E-state index in [1.807, 2.05) is 6.07 Å². The molecule has 326 valence electrons. The zero-order valence-corrected chi connectivity index (χ0v) is 38.1. The topological polar surface area (TPSA) is 21.3 Å². The fraction of sp³-hybridized carbons (Fsp3) is 0.0149. The molecular weight excluding hydrogens is 849 g/mol. The minimum Gasteiger partial charge on any atom is -0.455 e. The molecule has 3 nitrogen and oxygen atoms in total. The van der Waals surface area contributed by atoms with Crippen molar-refractivity contribution in [2.75, 3.05) is 4.90 Å². The van der Waals surface area contributed by atoms with Gasteiger partial charge in [-0.2, -0.15) is 0 Å². The van der Waals surface area contributed by atoms with Gasteiger partial charge in [0.2, 0.25) is 0 Å². The van der Waals surface area contributed by atoms with E-state index < -0.39 is 5.41 Å². The van der Waals surface area contributed by atoms with E-state index in [0.717, 1.165) is 55.7 Å². The first-order chi connectivity index (χ1) is 34.8. The zero-order valence-electron chi connectivity index (χ0n) is 38.1. The summed E-state index contributed by atoms with van der Waals surface area (Å²) in [6.07, 6.45) is 0. The number of benzene rings is 11. The standard InChI is InChI=1S/C67H42N2O/c1-2-20-43(21-3-1)46-24-4-5-25-48(46)49-26-7-12-37-59(49)68(45-23-16-22-44(42-45)47-30-17-32-53-51-28-9-15-41-63(51)70-66(47)53)62-40-19-35-57-64(62)54-29-6-10-33-55(54)67(57)56-34-11-14-39-61(56)69-60-38-13-8-27-50(60)52-31-18-36-58(67)65(52)69/h1-42H. The predicted octanol–water partition coefficient (Wildman–Crippen LogP) is 17.8. The number of fused-ring (bicyclic) bond motifs is 15. The van der Waals surface area contributed by atoms with Crippen LogP contribution in [0.1, 0.15) is 22.3 Å². The van der Waals surface area contributed by atoms with Crippen molar-refractivity contribution in [3.8, 4) is 50.2 Å². The molecule has 1 atom stereocenters. The molecule has 0 N–H and O–H groups in total. The SMILES string of the molecule is c1ccc(-c2ccccc2-c2ccccc2N(c2cccc(-c3cccc4c3oc3ccccc34)c2)c2cccc3c2-c2ccccc2C32c3ccccc3-n3c4ccccc4c4cccc2c43)cc1. The Kier molecular flexibility index (Phi) is 8.28. The summed E-state index contributed by atoms with van der Waals surface area (Å²) in [7, 11) is 0. The molecule has 0 bridgehead atoms. The van der Waals surface area contributed by atoms with Crippen molar-refractivity contribution in [3.05, 3.63) is 277 Å². The fourth-order valence-corrected chi connectivity index (χ4v) is 12.5. The highest BCUT2D eigenvalue weighted by Crippen LogP contribution is 2.63. The van der Waals surface area contributed by atoms with Crippen molar-refractivity contribution in [2.45, 2.75) is 5.41 Å². The predicted molar refractivity (Wildman–Crippen MR) is 290 cm³/mol. The van der Waals surface area contributed by atoms with Gasteiger partial charge in [-0.3, -0.25) is 0 Å². The highest BCUT2D eigenvalue weighted by molar-refractivity contribution is 6.14. The molecule has 3 heteroatoms. The van der Waals surface area contributed by atoms with Crippen LogP contribution in [0.4, 0.5) is 17.1 Å². The molecule has 2 aliphatic rings. The Morgan fingerprint density at radius 2 is 0.943 bits per heavy atom. The van der Waals surface area contributed by atoms with E-state index in [1.165, 1.54) is 77.6 Å². The van der Waals surface area contributed by atoms with Crippen LogP contribution in [0.5, 0.6) is 0 Å². The minimum absolute atomic E-state index is 0.605. The lowest BCUT2D eigenvalue weighted by molar-refractivity contribution is 0.670. The van der Waals surface area contributed by atoms with Gasteiger partial charge in [-0.1, -0.05) is 212 Å². The fourth-order valence-electron chi connectivity index (χ4n) is 12.5. The third kappa shape index (κ3) is 5.29. The average molecular weight is 891 g/mol. The molecule has 1 unspecified atom stereocenters. The molecular formula is C67H42N2O. The van der Waals surface area contributed by atoms with Gasteiger partial charge in [-0.05, 0) is 92.5 Å². The number of rotatable bonds is 6. The van der Waals surface area contributed by atoms with Gasteiger partial charge in [0.25, 0.3) is 0 Å². The molecule has 70 heavy (non-hydrogen) atoms. The molecule has 3 heterocycles. The number of hydrogen-bond acceptors (Lipinski definition) is 2. The summed E-state index contributed by atoms with van der Waals surface area (Å²) < 4.78 is 9.20. The zero-order chi connectivity index (χ0) is 45.9. The van der Waals surface area contributed by atoms with Crippen molar-refractivity contribution < 1.29 is 4.42 Å². The van der Waals surface area contributed by atoms with Crippen molar-refractivity contribution >= 4 is 60.8 Å². The van der Waals surface area contributed by atoms with Crippen LogP contribution in [0.3, 0.4) is 0 Å². The maximum absolute atomic E-state index is 6.68. The molecule has 0 saturated carbocycles. The van der Waals surface area contributed by atoms with Crippen molar-refractivity contribution in [3.63, 3.8) is 0 Å². The first kappa shape index (κ1) is 38.9. The maximum atomic E-state index is 6.68. The Labute approximate surface area is 405 Å². The normalized spacial score (nSPS) is 14.3. The molecule has 0 saturated heterocycles. The molecule has 2 aromatic heterocycles. The smallest absolute Gasteiger partial charge is 0.143 e. The number of aromatic nitrogens is 1. The summed E-state index contributed by atoms with van der Waals surface area (Å²) in [6.45, 7) is 0. The summed E-state index contributed by atoms with van der Waals surface area (Å²) in [5.74, 6) is 0. The van der Waals surface area contributed by atoms with Crippen molar-refractivity contribution in [2.24, 2.45) is 0 Å². The van der Waals surface area contributed by atoms with E-state index in [4.69, 9.17) is 4.42 Å². The summed E-state index contributed by atoms with van der Waals surface area (Å²) in [4.78, 5) is 2.53. The molecule has 13 aromatic rings. The van der Waals surface area contributed by atoms with Crippen molar-refractivity contribution in [1.82, 2.24) is 4.57 Å². The van der Waals surface area contributed by atoms with Gasteiger partial charge in [0.1, 0.15) is 11.2 Å². The van der Waals surface area contributed by atoms with Crippen LogP contribution in [0.25, 0.3) is 93.9 Å². The quantitative estimate of drug-likeness (QED) is 0.166. The first-order valence-electron chi connectivity index (χ1n) is 24.2. The number of nitrogens with zero attached hydrogens (tertiary/aromatic N) is 2. The number of hydrogen-bond donors (Lipinski definition) is 0. The van der Waals surface area contributed by atoms with E-state index >= 15 is 0 Å². The minimum atomic E-state index is -0.605. The third-order valence-electron chi connectivity index (χ3n) is 15.2. The van der Waals surface area contributed by atoms with Gasteiger partial charge in [0.05, 0.1) is 33.5 Å². The van der Waals surface area contributed by atoms with Crippen molar-refractivity contribution in [1.29, 1.82) is 0 Å². The summed E-state index contributed by atoms with van der Waals surface area (Å²) in [5, 5.41) is 4.77. The second-order valence-corrected chi connectivity index (χ2v) is 18.7. The molecule has 0 radical (unpaired) electrons. The monoisotopic (exact) mass is 890 g/mol. The van der Waals surface area contributed by atoms with Crippen LogP contribution < -0.4 is 4.90 Å². The Hall–Kier alpha value is -9.18. The van der Waals surface area contributed by atoms with E-state index in [2.05, 4.69) is 258 Å². The van der Waals surface area contributed by atoms with Crippen LogP contribution >= 0.6 is 0 Å². The van der Waals surface area contributed by atoms with Crippen LogP contribution in [0.15, 0.2) is 259 Å². The molecule has 0 amide bonds. The van der Waals surface area contributed by atoms with Gasteiger partial charge in [-0.15, -0.1) is 0 Å². The van der Waals surface area contributed by atoms with E-state index in [-0.39, 0.29) is 0 Å². The molecule has 0 fully saturated rings. The summed E-state index contributed by atoms with van der Waals surface area (Å²) in [6, 6.07) is 93.7. The lowest BCUT2D eigenvalue weighted by Gasteiger charge is -2.39. The van der Waals surface area contributed by atoms with Gasteiger partial charge in [-0.25, -0.2) is 0 Å². The number of anilines is 3. The molecule has 1 spiro atoms. The van der Waals surface area contributed by atoms with E-state index in [9.17, 15) is 0 Å². The van der Waals surface area contributed by atoms with E-state index in [1.54, 1.807) is 0 Å². The van der Waals surface area contributed by atoms with Crippen LogP contribution in [-0.2, 0) is 5.41 Å². The third-order valence-corrected chi connectivity index (χ3v) is 15.2. The van der Waals surface area contributed by atoms with E-state index in [0.29, 0.717) is 0 Å². The second kappa shape index (κ2) is 14.9. The second-order valence-electron chi connectivity index (χ2n) is 18.7. The van der Waals surface area contributed by atoms with Gasteiger partial charge in [0.15, 0.2) is 0 Å². The Balaban J connectivity index is 1.04. The lowest BCUT2D eigenvalue weighted by atomic mass is 9.65. The Morgan fingerprint density at radius 1 is 0.357 bits per heavy atom. The van der Waals surface area contributed by atoms with Gasteiger partial charge in [0, 0.05) is 43.9 Å². The largest absolute Gasteiger partial charge is 0.455 e. The summed E-state index contributed by atoms with van der Waals surface area (Å²) in [5.41, 5.74) is 22.6. The average Bonchev–Trinajstić information content (AvgIpc) is 4.09. The summed E-state index contributed by atoms with van der Waals surface area (Å²) >= 11 is 0. The lowest BCUT2D eigenvalue weighted by Crippen LogP contribution is -2.33. The van der Waals surface area contributed by atoms with Crippen LogP contribution in [-0.4, -0.2) is 4.57 Å². The number of furan rings is 1. The van der Waals surface area contributed by atoms with Gasteiger partial charge >= 0.3 is 0 Å². The van der Waals surface area contributed by atoms with Crippen LogP contribution in [0.2, 0.25) is 0 Å². The highest BCUT2D eigenvalue weighted by Gasteiger charge is 2.51. The molecule has 1 aliphatic heterocycles.